The number of carbonyl (C=O) groups is 1. The summed E-state index contributed by atoms with van der Waals surface area (Å²) in [7, 11) is 0. The number of rotatable bonds is 6. The average Bonchev–Trinajstić information content (AvgIpc) is 3.39. The van der Waals surface area contributed by atoms with E-state index < -0.39 is 0 Å². The van der Waals surface area contributed by atoms with Crippen molar-refractivity contribution < 1.29 is 9.32 Å². The van der Waals surface area contributed by atoms with Crippen molar-refractivity contribution in [2.45, 2.75) is 26.3 Å². The Morgan fingerprint density at radius 3 is 2.69 bits per heavy atom. The maximum Gasteiger partial charge on any atom is 0.274 e. The van der Waals surface area contributed by atoms with Gasteiger partial charge in [0.1, 0.15) is 5.69 Å². The van der Waals surface area contributed by atoms with Crippen LogP contribution < -0.4 is 0 Å². The van der Waals surface area contributed by atoms with Crippen molar-refractivity contribution in [2.75, 3.05) is 26.2 Å². The van der Waals surface area contributed by atoms with E-state index in [1.807, 2.05) is 23.1 Å². The van der Waals surface area contributed by atoms with Gasteiger partial charge in [0.25, 0.3) is 5.91 Å². The first-order valence-electron chi connectivity index (χ1n) is 9.77. The number of nitrogens with zero attached hydrogens (tertiary/aromatic N) is 5. The Labute approximate surface area is 173 Å². The summed E-state index contributed by atoms with van der Waals surface area (Å²) in [5.74, 6) is 1.09. The minimum atomic E-state index is -0.0222. The second-order valence-electron chi connectivity index (χ2n) is 7.12. The lowest BCUT2D eigenvalue weighted by Gasteiger charge is -2.33. The van der Waals surface area contributed by atoms with E-state index in [-0.39, 0.29) is 5.91 Å². The molecule has 1 saturated heterocycles. The van der Waals surface area contributed by atoms with E-state index in [2.05, 4.69) is 32.2 Å². The quantitative estimate of drug-likeness (QED) is 0.666. The Kier molecular flexibility index (Phi) is 5.92. The Hall–Kier alpha value is -2.71. The van der Waals surface area contributed by atoms with Crippen LogP contribution in [0.1, 0.15) is 35.4 Å². The fourth-order valence-corrected chi connectivity index (χ4v) is 3.49. The minimum absolute atomic E-state index is 0.0222. The zero-order valence-corrected chi connectivity index (χ0v) is 17.0. The summed E-state index contributed by atoms with van der Waals surface area (Å²) in [4.78, 5) is 21.2. The number of hydrogen-bond acceptors (Lipinski definition) is 6. The molecule has 0 bridgehead atoms. The van der Waals surface area contributed by atoms with E-state index in [1.54, 1.807) is 12.1 Å². The summed E-state index contributed by atoms with van der Waals surface area (Å²) in [6.07, 6.45) is 1.92. The Morgan fingerprint density at radius 2 is 1.97 bits per heavy atom. The fraction of sp³-hybridized carbons (Fsp3) is 0.400. The van der Waals surface area contributed by atoms with E-state index >= 15 is 0 Å². The van der Waals surface area contributed by atoms with E-state index in [0.29, 0.717) is 42.1 Å². The third-order valence-electron chi connectivity index (χ3n) is 4.96. The second kappa shape index (κ2) is 8.75. The zero-order valence-electron chi connectivity index (χ0n) is 16.3. The van der Waals surface area contributed by atoms with Gasteiger partial charge in [-0.2, -0.15) is 10.1 Å². The molecule has 1 aliphatic rings. The molecule has 0 unspecified atom stereocenters. The molecule has 1 aliphatic heterocycles. The summed E-state index contributed by atoms with van der Waals surface area (Å²) in [5, 5.41) is 11.8. The lowest BCUT2D eigenvalue weighted by atomic mass is 10.2. The number of amides is 1. The smallest absolute Gasteiger partial charge is 0.274 e. The van der Waals surface area contributed by atoms with Gasteiger partial charge in [-0.3, -0.25) is 14.8 Å². The predicted molar refractivity (Wildman–Crippen MR) is 109 cm³/mol. The molecule has 4 rings (SSSR count). The molecule has 1 fully saturated rings. The Morgan fingerprint density at radius 1 is 1.21 bits per heavy atom. The van der Waals surface area contributed by atoms with Crippen LogP contribution in [0.5, 0.6) is 0 Å². The van der Waals surface area contributed by atoms with Gasteiger partial charge in [0.2, 0.25) is 11.7 Å². The van der Waals surface area contributed by atoms with Crippen LogP contribution in [-0.2, 0) is 13.0 Å². The third kappa shape index (κ3) is 4.65. The number of aromatic amines is 1. The summed E-state index contributed by atoms with van der Waals surface area (Å²) >= 11 is 5.92. The van der Waals surface area contributed by atoms with Crippen LogP contribution in [0.25, 0.3) is 11.4 Å². The van der Waals surface area contributed by atoms with Crippen molar-refractivity contribution in [2.24, 2.45) is 0 Å². The molecule has 8 nitrogen and oxygen atoms in total. The van der Waals surface area contributed by atoms with Crippen LogP contribution in [0.3, 0.4) is 0 Å². The van der Waals surface area contributed by atoms with Gasteiger partial charge in [0.15, 0.2) is 0 Å². The predicted octanol–water partition coefficient (Wildman–Crippen LogP) is 3.02. The van der Waals surface area contributed by atoms with Crippen LogP contribution in [-0.4, -0.2) is 62.2 Å². The van der Waals surface area contributed by atoms with Gasteiger partial charge < -0.3 is 9.42 Å². The van der Waals surface area contributed by atoms with E-state index in [9.17, 15) is 4.79 Å². The normalized spacial score (nSPS) is 15.0. The van der Waals surface area contributed by atoms with Crippen molar-refractivity contribution in [3.63, 3.8) is 0 Å². The first-order valence-corrected chi connectivity index (χ1v) is 10.1. The highest BCUT2D eigenvalue weighted by Crippen LogP contribution is 2.19. The van der Waals surface area contributed by atoms with E-state index in [1.165, 1.54) is 0 Å². The van der Waals surface area contributed by atoms with Crippen molar-refractivity contribution in [1.29, 1.82) is 0 Å². The molecule has 0 atom stereocenters. The summed E-state index contributed by atoms with van der Waals surface area (Å²) in [6, 6.07) is 9.18. The molecule has 9 heteroatoms. The molecule has 3 heterocycles. The maximum absolute atomic E-state index is 12.6. The molecule has 1 N–H and O–H groups in total. The largest absolute Gasteiger partial charge is 0.338 e. The number of aryl methyl sites for hydroxylation is 1. The van der Waals surface area contributed by atoms with Crippen LogP contribution >= 0.6 is 11.6 Å². The van der Waals surface area contributed by atoms with Crippen molar-refractivity contribution >= 4 is 17.5 Å². The van der Waals surface area contributed by atoms with Crippen LogP contribution in [0.2, 0.25) is 5.02 Å². The average molecular weight is 415 g/mol. The zero-order chi connectivity index (χ0) is 20.2. The Bertz CT molecular complexity index is 960. The SMILES string of the molecule is CCCc1cc(C(=O)N2CCN(Cc3nc(-c4ccc(Cl)cc4)no3)CC2)n[nH]1. The lowest BCUT2D eigenvalue weighted by molar-refractivity contribution is 0.0609. The molecule has 152 valence electrons. The lowest BCUT2D eigenvalue weighted by Crippen LogP contribution is -2.48. The molecule has 1 aromatic carbocycles. The van der Waals surface area contributed by atoms with Gasteiger partial charge in [0, 0.05) is 42.5 Å². The van der Waals surface area contributed by atoms with Crippen LogP contribution in [0, 0.1) is 0 Å². The van der Waals surface area contributed by atoms with Gasteiger partial charge in [-0.25, -0.2) is 0 Å². The highest BCUT2D eigenvalue weighted by molar-refractivity contribution is 6.30. The molecule has 29 heavy (non-hydrogen) atoms. The van der Waals surface area contributed by atoms with Gasteiger partial charge in [0.05, 0.1) is 6.54 Å². The standard InChI is InChI=1S/C20H23ClN6O2/c1-2-3-16-12-17(24-23-16)20(28)27-10-8-26(9-11-27)13-18-22-19(25-29-18)14-4-6-15(21)7-5-14/h4-7,12H,2-3,8-11,13H2,1H3,(H,23,24). The highest BCUT2D eigenvalue weighted by Gasteiger charge is 2.25. The monoisotopic (exact) mass is 414 g/mol. The number of aromatic nitrogens is 4. The number of halogens is 1. The molecule has 0 spiro atoms. The molecule has 0 saturated carbocycles. The second-order valence-corrected chi connectivity index (χ2v) is 7.55. The molecule has 0 aliphatic carbocycles. The Balaban J connectivity index is 1.31. The first kappa shape index (κ1) is 19.6. The molecular formula is C20H23ClN6O2. The van der Waals surface area contributed by atoms with E-state index in [0.717, 1.165) is 37.2 Å². The first-order chi connectivity index (χ1) is 14.1. The summed E-state index contributed by atoms with van der Waals surface area (Å²) in [5.41, 5.74) is 2.36. The fourth-order valence-electron chi connectivity index (χ4n) is 3.37. The number of piperazine rings is 1. The minimum Gasteiger partial charge on any atom is -0.338 e. The maximum atomic E-state index is 12.6. The van der Waals surface area contributed by atoms with Crippen molar-refractivity contribution in [3.8, 4) is 11.4 Å². The molecule has 1 amide bonds. The summed E-state index contributed by atoms with van der Waals surface area (Å²) < 4.78 is 5.39. The molecular weight excluding hydrogens is 392 g/mol. The van der Waals surface area contributed by atoms with Crippen LogP contribution in [0.15, 0.2) is 34.9 Å². The number of carbonyl (C=O) groups excluding carboxylic acids is 1. The number of nitrogens with one attached hydrogen (secondary N) is 1. The van der Waals surface area contributed by atoms with Gasteiger partial charge in [-0.15, -0.1) is 0 Å². The number of hydrogen-bond donors (Lipinski definition) is 1. The van der Waals surface area contributed by atoms with Gasteiger partial charge in [-0.1, -0.05) is 30.1 Å². The number of benzene rings is 1. The topological polar surface area (TPSA) is 91.2 Å². The van der Waals surface area contributed by atoms with Crippen molar-refractivity contribution in [3.05, 3.63) is 52.6 Å². The van der Waals surface area contributed by atoms with Crippen LogP contribution in [0.4, 0.5) is 0 Å². The number of H-pyrrole nitrogens is 1. The molecule has 2 aromatic heterocycles. The molecule has 0 radical (unpaired) electrons. The highest BCUT2D eigenvalue weighted by atomic mass is 35.5. The summed E-state index contributed by atoms with van der Waals surface area (Å²) in [6.45, 7) is 5.45. The third-order valence-corrected chi connectivity index (χ3v) is 5.21. The van der Waals surface area contributed by atoms with Crippen molar-refractivity contribution in [1.82, 2.24) is 30.1 Å². The van der Waals surface area contributed by atoms with Gasteiger partial charge in [-0.05, 0) is 36.8 Å². The van der Waals surface area contributed by atoms with Gasteiger partial charge >= 0.3 is 0 Å². The van der Waals surface area contributed by atoms with E-state index in [4.69, 9.17) is 16.1 Å². The molecule has 3 aromatic rings.